The summed E-state index contributed by atoms with van der Waals surface area (Å²) in [5, 5.41) is 0.621. The number of imide groups is 1. The van der Waals surface area contributed by atoms with E-state index in [-0.39, 0.29) is 12.5 Å². The first-order valence-electron chi connectivity index (χ1n) is 12.2. The molecule has 2 heterocycles. The number of hydrogen-bond donors (Lipinski definition) is 0. The Hall–Kier alpha value is -3.75. The van der Waals surface area contributed by atoms with E-state index in [4.69, 9.17) is 25.8 Å². The van der Waals surface area contributed by atoms with E-state index in [1.165, 1.54) is 22.6 Å². The van der Waals surface area contributed by atoms with Gasteiger partial charge in [0.15, 0.2) is 11.5 Å². The second-order valence-corrected chi connectivity index (χ2v) is 9.32. The minimum absolute atomic E-state index is 0.0693. The molecule has 3 aromatic rings. The third-order valence-electron chi connectivity index (χ3n) is 6.43. The highest BCUT2D eigenvalue weighted by Gasteiger charge is 2.38. The minimum atomic E-state index is -0.430. The van der Waals surface area contributed by atoms with Crippen LogP contribution in [0.4, 0.5) is 16.2 Å². The highest BCUT2D eigenvalue weighted by molar-refractivity contribution is 6.30. The molecule has 192 valence electrons. The molecule has 2 aliphatic rings. The smallest absolute Gasteiger partial charge is 0.336 e. The fraction of sp³-hybridized carbons (Fsp3) is 0.286. The molecule has 0 aromatic heterocycles. The Kier molecular flexibility index (Phi) is 7.48. The summed E-state index contributed by atoms with van der Waals surface area (Å²) in [7, 11) is 1.56. The summed E-state index contributed by atoms with van der Waals surface area (Å²) in [5.74, 6) is 2.01. The third-order valence-corrected chi connectivity index (χ3v) is 6.68. The molecule has 0 saturated carbocycles. The van der Waals surface area contributed by atoms with Crippen molar-refractivity contribution in [2.24, 2.45) is 0 Å². The van der Waals surface area contributed by atoms with Crippen molar-refractivity contribution in [1.29, 1.82) is 0 Å². The van der Waals surface area contributed by atoms with Crippen LogP contribution in [-0.2, 0) is 4.79 Å². The summed E-state index contributed by atoms with van der Waals surface area (Å²) in [5.41, 5.74) is 1.03. The molecular weight excluding hydrogens is 494 g/mol. The van der Waals surface area contributed by atoms with Gasteiger partial charge in [0.2, 0.25) is 0 Å². The van der Waals surface area contributed by atoms with E-state index in [9.17, 15) is 9.59 Å². The van der Waals surface area contributed by atoms with Crippen LogP contribution in [0.5, 0.6) is 23.0 Å². The zero-order valence-electron chi connectivity index (χ0n) is 20.6. The number of methoxy groups -OCH3 is 1. The van der Waals surface area contributed by atoms with E-state index in [1.807, 2.05) is 0 Å². The van der Waals surface area contributed by atoms with Crippen LogP contribution < -0.4 is 24.0 Å². The predicted octanol–water partition coefficient (Wildman–Crippen LogP) is 5.59. The van der Waals surface area contributed by atoms with Crippen LogP contribution in [0.25, 0.3) is 0 Å². The molecule has 0 radical (unpaired) electrons. The SMILES string of the molecule is COc1cc(N2CC(=O)N(c3ccc(Oc4ccc(Cl)cc4)cc3)C2=O)ccc1OCCN1CCCC1. The lowest BCUT2D eigenvalue weighted by molar-refractivity contribution is -0.115. The van der Waals surface area contributed by atoms with E-state index < -0.39 is 6.03 Å². The molecule has 0 atom stereocenters. The number of ether oxygens (including phenoxy) is 3. The second-order valence-electron chi connectivity index (χ2n) is 8.88. The number of nitrogens with zero attached hydrogens (tertiary/aromatic N) is 3. The van der Waals surface area contributed by atoms with Gasteiger partial charge in [-0.3, -0.25) is 14.6 Å². The lowest BCUT2D eigenvalue weighted by Gasteiger charge is -2.20. The number of carbonyl (C=O) groups is 2. The monoisotopic (exact) mass is 521 g/mol. The van der Waals surface area contributed by atoms with Crippen molar-refractivity contribution in [3.05, 3.63) is 71.8 Å². The minimum Gasteiger partial charge on any atom is -0.493 e. The number of urea groups is 1. The average Bonchev–Trinajstić information content (AvgIpc) is 3.53. The fourth-order valence-corrected chi connectivity index (χ4v) is 4.62. The maximum absolute atomic E-state index is 13.2. The first-order valence-corrected chi connectivity index (χ1v) is 12.6. The number of benzene rings is 3. The molecule has 0 spiro atoms. The van der Waals surface area contributed by atoms with Crippen LogP contribution in [0.3, 0.4) is 0 Å². The van der Waals surface area contributed by atoms with Crippen LogP contribution >= 0.6 is 11.6 Å². The summed E-state index contributed by atoms with van der Waals surface area (Å²) in [4.78, 5) is 31.0. The van der Waals surface area contributed by atoms with E-state index in [1.54, 1.807) is 73.8 Å². The Labute approximate surface area is 220 Å². The molecule has 3 amide bonds. The van der Waals surface area contributed by atoms with Crippen LogP contribution in [0, 0.1) is 0 Å². The number of rotatable bonds is 9. The van der Waals surface area contributed by atoms with Gasteiger partial charge in [-0.25, -0.2) is 9.69 Å². The quantitative estimate of drug-likeness (QED) is 0.342. The standard InChI is InChI=1S/C28H28ClN3O5/c1-35-26-18-22(8-13-25(26)36-17-16-30-14-2-3-15-30)31-19-27(33)32(28(31)34)21-6-11-24(12-7-21)37-23-9-4-20(29)5-10-23/h4-13,18H,2-3,14-17,19H2,1H3. The highest BCUT2D eigenvalue weighted by atomic mass is 35.5. The van der Waals surface area contributed by atoms with E-state index in [0.29, 0.717) is 46.0 Å². The molecule has 37 heavy (non-hydrogen) atoms. The van der Waals surface area contributed by atoms with Crippen molar-refractivity contribution < 1.29 is 23.8 Å². The Bertz CT molecular complexity index is 1260. The van der Waals surface area contributed by atoms with E-state index in [0.717, 1.165) is 19.6 Å². The Morgan fingerprint density at radius 2 is 1.49 bits per heavy atom. The molecule has 0 N–H and O–H groups in total. The summed E-state index contributed by atoms with van der Waals surface area (Å²) >= 11 is 5.91. The van der Waals surface area contributed by atoms with Crippen molar-refractivity contribution in [2.45, 2.75) is 12.8 Å². The predicted molar refractivity (Wildman–Crippen MR) is 142 cm³/mol. The summed E-state index contributed by atoms with van der Waals surface area (Å²) in [6, 6.07) is 18.6. The molecule has 8 nitrogen and oxygen atoms in total. The molecule has 0 unspecified atom stereocenters. The van der Waals surface area contributed by atoms with Crippen molar-refractivity contribution in [2.75, 3.05) is 49.7 Å². The van der Waals surface area contributed by atoms with Crippen molar-refractivity contribution in [3.8, 4) is 23.0 Å². The average molecular weight is 522 g/mol. The molecule has 2 saturated heterocycles. The number of amides is 3. The lowest BCUT2D eigenvalue weighted by atomic mass is 10.2. The maximum atomic E-state index is 13.2. The number of anilines is 2. The number of halogens is 1. The van der Waals surface area contributed by atoms with Crippen LogP contribution in [-0.4, -0.2) is 56.7 Å². The zero-order chi connectivity index (χ0) is 25.8. The molecule has 2 aliphatic heterocycles. The van der Waals surface area contributed by atoms with Gasteiger partial charge in [0.05, 0.1) is 12.8 Å². The van der Waals surface area contributed by atoms with Gasteiger partial charge in [-0.2, -0.15) is 0 Å². The molecule has 5 rings (SSSR count). The molecule has 0 bridgehead atoms. The van der Waals surface area contributed by atoms with Crippen molar-refractivity contribution >= 4 is 34.9 Å². The second kappa shape index (κ2) is 11.1. The first-order chi connectivity index (χ1) is 18.0. The molecular formula is C28H28ClN3O5. The van der Waals surface area contributed by atoms with Gasteiger partial charge in [0.25, 0.3) is 5.91 Å². The van der Waals surface area contributed by atoms with Gasteiger partial charge < -0.3 is 14.2 Å². The zero-order valence-corrected chi connectivity index (χ0v) is 21.3. The van der Waals surface area contributed by atoms with Gasteiger partial charge in [0.1, 0.15) is 24.7 Å². The van der Waals surface area contributed by atoms with Gasteiger partial charge in [-0.05, 0) is 86.6 Å². The molecule has 9 heteroatoms. The third kappa shape index (κ3) is 5.65. The van der Waals surface area contributed by atoms with Crippen LogP contribution in [0.15, 0.2) is 66.7 Å². The Morgan fingerprint density at radius 3 is 2.16 bits per heavy atom. The van der Waals surface area contributed by atoms with Gasteiger partial charge in [-0.1, -0.05) is 11.6 Å². The molecule has 0 aliphatic carbocycles. The van der Waals surface area contributed by atoms with Crippen LogP contribution in [0.2, 0.25) is 5.02 Å². The van der Waals surface area contributed by atoms with Gasteiger partial charge >= 0.3 is 6.03 Å². The molecule has 3 aromatic carbocycles. The van der Waals surface area contributed by atoms with Crippen molar-refractivity contribution in [1.82, 2.24) is 4.90 Å². The largest absolute Gasteiger partial charge is 0.493 e. The summed E-state index contributed by atoms with van der Waals surface area (Å²) in [6.45, 7) is 3.57. The van der Waals surface area contributed by atoms with Gasteiger partial charge in [-0.15, -0.1) is 0 Å². The highest BCUT2D eigenvalue weighted by Crippen LogP contribution is 2.35. The topological polar surface area (TPSA) is 71.5 Å². The molecule has 2 fully saturated rings. The Morgan fingerprint density at radius 1 is 0.838 bits per heavy atom. The van der Waals surface area contributed by atoms with Crippen molar-refractivity contribution in [3.63, 3.8) is 0 Å². The summed E-state index contributed by atoms with van der Waals surface area (Å²) in [6.07, 6.45) is 2.47. The number of carbonyl (C=O) groups excluding carboxylic acids is 2. The fourth-order valence-electron chi connectivity index (χ4n) is 4.49. The van der Waals surface area contributed by atoms with E-state index >= 15 is 0 Å². The Balaban J connectivity index is 1.25. The number of hydrogen-bond acceptors (Lipinski definition) is 6. The maximum Gasteiger partial charge on any atom is 0.336 e. The number of likely N-dealkylation sites (tertiary alicyclic amines) is 1. The van der Waals surface area contributed by atoms with Crippen LogP contribution in [0.1, 0.15) is 12.8 Å². The lowest BCUT2D eigenvalue weighted by Crippen LogP contribution is -2.33. The van der Waals surface area contributed by atoms with Gasteiger partial charge in [0, 0.05) is 23.3 Å². The normalized spacial score (nSPS) is 15.9. The van der Waals surface area contributed by atoms with E-state index in [2.05, 4.69) is 4.90 Å². The summed E-state index contributed by atoms with van der Waals surface area (Å²) < 4.78 is 17.3. The first kappa shape index (κ1) is 24.9.